The molecule has 4 aliphatic rings. The van der Waals surface area contributed by atoms with Gasteiger partial charge in [0, 0.05) is 28.6 Å². The van der Waals surface area contributed by atoms with Crippen LogP contribution in [-0.4, -0.2) is 72.8 Å². The highest BCUT2D eigenvalue weighted by Gasteiger charge is 2.49. The van der Waals surface area contributed by atoms with Crippen molar-refractivity contribution in [2.45, 2.75) is 95.4 Å². The summed E-state index contributed by atoms with van der Waals surface area (Å²) >= 11 is 1.55. The van der Waals surface area contributed by atoms with Gasteiger partial charge in [0.2, 0.25) is 0 Å². The van der Waals surface area contributed by atoms with Crippen molar-refractivity contribution >= 4 is 33.2 Å². The molecule has 7 heterocycles. The second-order valence-electron chi connectivity index (χ2n) is 14.2. The highest BCUT2D eigenvalue weighted by Crippen LogP contribution is 2.55. The molecule has 0 aromatic carbocycles. The minimum atomic E-state index is -0.422. The van der Waals surface area contributed by atoms with Crippen LogP contribution in [0.5, 0.6) is 0 Å². The average Bonchev–Trinajstić information content (AvgIpc) is 3.93. The first-order chi connectivity index (χ1) is 23.9. The molecule has 13 nitrogen and oxygen atoms in total. The molecule has 14 heteroatoms. The number of aromatic nitrogens is 7. The third-order valence-electron chi connectivity index (χ3n) is 11.7. The third-order valence-corrected chi connectivity index (χ3v) is 12.8. The molecule has 9 rings (SSSR count). The molecule has 5 aromatic rings. The summed E-state index contributed by atoms with van der Waals surface area (Å²) in [4.78, 5) is 16.5. The van der Waals surface area contributed by atoms with E-state index in [1.807, 2.05) is 12.4 Å². The summed E-state index contributed by atoms with van der Waals surface area (Å²) in [6.45, 7) is 7.19. The molecule has 254 valence electrons. The van der Waals surface area contributed by atoms with Crippen molar-refractivity contribution in [2.75, 3.05) is 37.4 Å². The summed E-state index contributed by atoms with van der Waals surface area (Å²) in [7, 11) is 2.20. The number of aromatic amines is 1. The van der Waals surface area contributed by atoms with Gasteiger partial charge in [-0.15, -0.1) is 11.3 Å². The SMILES string of the molecule is C[C@@H]1c2cn[nH]c2COCCN1c1nc(-c2noc3c2CCC[C@@]32CCCc3sc(N)c(C#N)c32)nc2c1cnn2[C@@H](C)[C@@H]1CCCN1C. The van der Waals surface area contributed by atoms with Gasteiger partial charge in [-0.05, 0) is 84.4 Å². The number of hydrogen-bond donors (Lipinski definition) is 2. The number of H-pyrrole nitrogens is 1. The van der Waals surface area contributed by atoms with Crippen LogP contribution in [0.1, 0.15) is 103 Å². The summed E-state index contributed by atoms with van der Waals surface area (Å²) in [5.74, 6) is 2.17. The molecule has 0 unspecified atom stereocenters. The first-order valence-electron chi connectivity index (χ1n) is 17.5. The molecule has 1 saturated heterocycles. The molecule has 4 atom stereocenters. The Balaban J connectivity index is 1.23. The van der Waals surface area contributed by atoms with Crippen LogP contribution in [0, 0.1) is 11.3 Å². The quantitative estimate of drug-likeness (QED) is 0.249. The number of likely N-dealkylation sites (N-methyl/N-ethyl adjacent to an activating group) is 1. The summed E-state index contributed by atoms with van der Waals surface area (Å²) < 4.78 is 14.5. The molecular formula is C35H41N11O2S. The van der Waals surface area contributed by atoms with E-state index in [-0.39, 0.29) is 12.1 Å². The van der Waals surface area contributed by atoms with Crippen molar-refractivity contribution in [3.8, 4) is 17.6 Å². The van der Waals surface area contributed by atoms with Crippen LogP contribution >= 0.6 is 11.3 Å². The van der Waals surface area contributed by atoms with Gasteiger partial charge in [0.15, 0.2) is 22.9 Å². The fraction of sp³-hybridized carbons (Fsp3) is 0.543. The first-order valence-corrected chi connectivity index (χ1v) is 18.3. The van der Waals surface area contributed by atoms with E-state index in [0.29, 0.717) is 47.9 Å². The van der Waals surface area contributed by atoms with Gasteiger partial charge < -0.3 is 24.8 Å². The Hall–Kier alpha value is -4.32. The van der Waals surface area contributed by atoms with Crippen LogP contribution in [-0.2, 0) is 29.6 Å². The van der Waals surface area contributed by atoms with E-state index in [2.05, 4.69) is 51.6 Å². The number of anilines is 2. The topological polar surface area (TPSA) is 164 Å². The largest absolute Gasteiger partial charge is 0.389 e. The molecule has 49 heavy (non-hydrogen) atoms. The lowest BCUT2D eigenvalue weighted by molar-refractivity contribution is 0.118. The molecule has 2 aliphatic carbocycles. The van der Waals surface area contributed by atoms with Gasteiger partial charge in [0.1, 0.15) is 16.9 Å². The van der Waals surface area contributed by atoms with Crippen molar-refractivity contribution in [1.82, 2.24) is 40.0 Å². The first kappa shape index (κ1) is 30.7. The number of likely N-dealkylation sites (tertiary alicyclic amines) is 1. The Kier molecular flexibility index (Phi) is 7.30. The van der Waals surface area contributed by atoms with Crippen LogP contribution < -0.4 is 10.6 Å². The highest BCUT2D eigenvalue weighted by atomic mass is 32.1. The average molecular weight is 680 g/mol. The van der Waals surface area contributed by atoms with Crippen molar-refractivity contribution in [3.63, 3.8) is 0 Å². The van der Waals surface area contributed by atoms with E-state index < -0.39 is 5.41 Å². The van der Waals surface area contributed by atoms with Crippen LogP contribution in [0.25, 0.3) is 22.6 Å². The molecular weight excluding hydrogens is 639 g/mol. The summed E-state index contributed by atoms with van der Waals surface area (Å²) in [6, 6.07) is 2.88. The van der Waals surface area contributed by atoms with E-state index in [9.17, 15) is 5.26 Å². The standard InChI is InChI=1S/C35H41N11O2S/c1-19-23-16-38-42-25(23)18-47-14-13-45(19)33-24-17-39-46(20(2)26-8-6-12-44(26)3)34(24)41-32(40-33)29-21-7-4-10-35(30(21)48-43-29)11-5-9-27-28(35)22(15-36)31(37)49-27/h16-17,19-20,26H,4-14,18,37H2,1-3H3,(H,38,42)/t19-,20+,26+,35+/m1/s1. The van der Waals surface area contributed by atoms with E-state index in [1.54, 1.807) is 11.3 Å². The van der Waals surface area contributed by atoms with Crippen molar-refractivity contribution in [2.24, 2.45) is 0 Å². The number of rotatable bonds is 4. The zero-order valence-electron chi connectivity index (χ0n) is 28.2. The maximum atomic E-state index is 10.2. The van der Waals surface area contributed by atoms with Gasteiger partial charge in [0.05, 0.1) is 59.7 Å². The van der Waals surface area contributed by atoms with Crippen LogP contribution in [0.4, 0.5) is 10.8 Å². The molecule has 0 radical (unpaired) electrons. The number of nitrogens with one attached hydrogen (secondary N) is 1. The smallest absolute Gasteiger partial charge is 0.186 e. The normalized spacial score (nSPS) is 24.7. The van der Waals surface area contributed by atoms with Crippen LogP contribution in [0.15, 0.2) is 16.9 Å². The Bertz CT molecular complexity index is 2100. The van der Waals surface area contributed by atoms with Crippen molar-refractivity contribution in [3.05, 3.63) is 51.0 Å². The van der Waals surface area contributed by atoms with E-state index in [0.717, 1.165) is 96.5 Å². The van der Waals surface area contributed by atoms with Gasteiger partial charge in [0.25, 0.3) is 0 Å². The van der Waals surface area contributed by atoms with E-state index in [4.69, 9.17) is 35.2 Å². The lowest BCUT2D eigenvalue weighted by atomic mass is 9.63. The Labute approximate surface area is 288 Å². The van der Waals surface area contributed by atoms with Gasteiger partial charge >= 0.3 is 0 Å². The lowest BCUT2D eigenvalue weighted by Crippen LogP contribution is -2.35. The molecule has 0 bridgehead atoms. The molecule has 1 spiro atoms. The number of thiophene rings is 1. The van der Waals surface area contributed by atoms with Gasteiger partial charge in [-0.1, -0.05) is 5.16 Å². The Morgan fingerprint density at radius 3 is 2.84 bits per heavy atom. The maximum absolute atomic E-state index is 10.2. The number of fused-ring (bicyclic) bond motifs is 6. The summed E-state index contributed by atoms with van der Waals surface area (Å²) in [5.41, 5.74) is 12.2. The molecule has 0 saturated carbocycles. The number of nitrogen functional groups attached to an aromatic ring is 1. The van der Waals surface area contributed by atoms with Crippen molar-refractivity contribution < 1.29 is 9.26 Å². The Morgan fingerprint density at radius 2 is 2.02 bits per heavy atom. The second-order valence-corrected chi connectivity index (χ2v) is 15.4. The van der Waals surface area contributed by atoms with Gasteiger partial charge in [-0.2, -0.15) is 15.5 Å². The molecule has 5 aromatic heterocycles. The van der Waals surface area contributed by atoms with Crippen LogP contribution in [0.2, 0.25) is 0 Å². The fourth-order valence-electron chi connectivity index (χ4n) is 9.24. The van der Waals surface area contributed by atoms with Gasteiger partial charge in [-0.3, -0.25) is 5.10 Å². The third kappa shape index (κ3) is 4.58. The predicted octanol–water partition coefficient (Wildman–Crippen LogP) is 5.43. The maximum Gasteiger partial charge on any atom is 0.186 e. The Morgan fingerprint density at radius 1 is 1.16 bits per heavy atom. The van der Waals surface area contributed by atoms with Crippen LogP contribution in [0.3, 0.4) is 0 Å². The molecule has 0 amide bonds. The number of nitriles is 1. The highest BCUT2D eigenvalue weighted by molar-refractivity contribution is 7.16. The molecule has 2 aliphatic heterocycles. The summed E-state index contributed by atoms with van der Waals surface area (Å²) in [5, 5.41) is 28.9. The van der Waals surface area contributed by atoms with Gasteiger partial charge in [-0.25, -0.2) is 14.6 Å². The monoisotopic (exact) mass is 679 g/mol. The molecule has 1 fully saturated rings. The number of hydrogen-bond acceptors (Lipinski definition) is 12. The zero-order valence-corrected chi connectivity index (χ0v) is 29.0. The number of ether oxygens (including phenoxy) is 1. The fourth-order valence-corrected chi connectivity index (χ4v) is 10.4. The number of nitrogens with zero attached hydrogens (tertiary/aromatic N) is 9. The zero-order chi connectivity index (χ0) is 33.4. The van der Waals surface area contributed by atoms with E-state index >= 15 is 0 Å². The minimum Gasteiger partial charge on any atom is -0.389 e. The predicted molar refractivity (Wildman–Crippen MR) is 185 cm³/mol. The lowest BCUT2D eigenvalue weighted by Gasteiger charge is -2.39. The second kappa shape index (κ2) is 11.6. The number of nitrogens with two attached hydrogens (primary N) is 1. The summed E-state index contributed by atoms with van der Waals surface area (Å²) in [6.07, 6.45) is 11.6. The van der Waals surface area contributed by atoms with Crippen molar-refractivity contribution in [1.29, 1.82) is 5.26 Å². The minimum absolute atomic E-state index is 0.0195. The molecule has 3 N–H and O–H groups in total. The van der Waals surface area contributed by atoms with E-state index in [1.165, 1.54) is 11.3 Å². The number of aryl methyl sites for hydroxylation is 1.